The minimum absolute atomic E-state index is 0.0525. The van der Waals surface area contributed by atoms with Crippen molar-refractivity contribution in [1.29, 1.82) is 0 Å². The second-order valence-corrected chi connectivity index (χ2v) is 18.7. The average Bonchev–Trinajstić information content (AvgIpc) is 3.66. The number of hydrogen-bond acceptors (Lipinski definition) is 18. The Balaban J connectivity index is 0.000000210. The van der Waals surface area contributed by atoms with Gasteiger partial charge in [0, 0.05) is 95.7 Å². The number of nitrogens with zero attached hydrogens (tertiary/aromatic N) is 7. The molecule has 449 valence electrons. The molecular weight excluding hydrogens is 1150 g/mol. The molecule has 3 aromatic carbocycles. The highest BCUT2D eigenvalue weighted by Crippen LogP contribution is 2.32. The fourth-order valence-corrected chi connectivity index (χ4v) is 8.58. The molecule has 28 heteroatoms. The number of carbonyl (C=O) groups is 5. The van der Waals surface area contributed by atoms with E-state index >= 15 is 0 Å². The Morgan fingerprint density at radius 1 is 0.565 bits per heavy atom. The van der Waals surface area contributed by atoms with Crippen molar-refractivity contribution in [1.82, 2.24) is 30.5 Å². The maximum atomic E-state index is 13.8. The molecule has 3 saturated heterocycles. The van der Waals surface area contributed by atoms with E-state index in [1.807, 2.05) is 4.90 Å². The van der Waals surface area contributed by atoms with Gasteiger partial charge in [-0.3, -0.25) is 24.0 Å². The molecular formula is C57H63BCl2F3N12O10. The second kappa shape index (κ2) is 33.4. The fraction of sp³-hybridized carbons (Fsp3) is 0.263. The summed E-state index contributed by atoms with van der Waals surface area (Å²) in [7, 11) is 4.63. The topological polar surface area (TPSA) is 296 Å². The van der Waals surface area contributed by atoms with E-state index < -0.39 is 40.4 Å². The smallest absolute Gasteiger partial charge is 0.537 e. The summed E-state index contributed by atoms with van der Waals surface area (Å²) in [5.74, 6) is -0.565. The summed E-state index contributed by atoms with van der Waals surface area (Å²) in [6, 6.07) is 22.7. The lowest BCUT2D eigenvalue weighted by Crippen LogP contribution is -2.48. The van der Waals surface area contributed by atoms with Crippen LogP contribution in [0.2, 0.25) is 5.15 Å². The molecule has 0 saturated carbocycles. The average molecular weight is 1210 g/mol. The molecule has 1 radical (unpaired) electrons. The SMILES string of the molecule is C=CC(=O)Cl.C=CC(=O)N1CCN(c2ccc(C(N)=O)c(-c3ccc(F)c(OC)c3)n2)CC1.COc1cc(-c2nc(N3CCNCC3)ccc2C(N)=O)ccc1F.COc1cc(O[B]O)ccc1F.NC(=O)c1ccc(N2CCNCC2)nc1Cl. The molecule has 0 unspecified atom stereocenters. The predicted octanol–water partition coefficient (Wildman–Crippen LogP) is 5.16. The van der Waals surface area contributed by atoms with Gasteiger partial charge >= 0.3 is 7.69 Å². The molecule has 6 heterocycles. The van der Waals surface area contributed by atoms with Gasteiger partial charge in [0.1, 0.15) is 28.4 Å². The number of pyridine rings is 3. The molecule has 3 aromatic heterocycles. The van der Waals surface area contributed by atoms with Gasteiger partial charge in [0.15, 0.2) is 34.7 Å². The van der Waals surface area contributed by atoms with Crippen molar-refractivity contribution in [2.75, 3.05) is 115 Å². The lowest BCUT2D eigenvalue weighted by molar-refractivity contribution is -0.126. The number of nitrogens with two attached hydrogens (primary N) is 3. The maximum Gasteiger partial charge on any atom is 0.569 e. The van der Waals surface area contributed by atoms with Gasteiger partial charge in [-0.2, -0.15) is 0 Å². The molecule has 0 aliphatic carbocycles. The van der Waals surface area contributed by atoms with Crippen LogP contribution in [-0.2, 0) is 9.59 Å². The van der Waals surface area contributed by atoms with E-state index in [2.05, 4.69) is 57.9 Å². The molecule has 3 aliphatic rings. The zero-order valence-electron chi connectivity index (χ0n) is 46.7. The standard InChI is InChI=1S/C20H21FN4O3.C17H19FN4O2.C10H13ClN4O.C7H7BFO3.C3H3ClO/c1-3-18(26)25-10-8-24(9-11-25)17-7-5-14(20(22)27)19(23-17)13-4-6-15(21)16(12-13)28-2;1-24-14-10-11(2-4-13(14)18)16-12(17(19)23)3-5-15(21-16)22-8-6-20-7-9-22;11-9-7(10(12)16)1-2-8(14-9)15-5-3-13-4-6-15;1-11-7-4-5(12-8-10)2-3-6(7)9;1-2-3(4)5/h3-7,12H,1,8-11H2,2H3,(H2,22,27);2-5,10,20H,6-9H2,1H3,(H2,19,23);1-2,13H,3-6H2,(H2,12,16);2-4,10H,1H3;2H,1H2. The fourth-order valence-electron chi connectivity index (χ4n) is 8.33. The molecule has 3 aliphatic heterocycles. The molecule has 0 bridgehead atoms. The van der Waals surface area contributed by atoms with E-state index in [0.717, 1.165) is 70.1 Å². The number of piperazine rings is 3. The highest BCUT2D eigenvalue weighted by atomic mass is 35.5. The molecule has 9 rings (SSSR count). The number of aromatic nitrogens is 3. The van der Waals surface area contributed by atoms with Crippen molar-refractivity contribution in [3.8, 4) is 45.5 Å². The summed E-state index contributed by atoms with van der Waals surface area (Å²) < 4.78 is 59.5. The van der Waals surface area contributed by atoms with Crippen LogP contribution in [0.1, 0.15) is 31.1 Å². The predicted molar refractivity (Wildman–Crippen MR) is 319 cm³/mol. The van der Waals surface area contributed by atoms with E-state index in [9.17, 15) is 37.1 Å². The van der Waals surface area contributed by atoms with Gasteiger partial charge < -0.3 is 71.3 Å². The number of hydrogen-bond donors (Lipinski definition) is 6. The lowest BCUT2D eigenvalue weighted by atomic mass is 10.0. The molecule has 22 nitrogen and oxygen atoms in total. The van der Waals surface area contributed by atoms with Gasteiger partial charge in [0.2, 0.25) is 11.1 Å². The quantitative estimate of drug-likeness (QED) is 0.0335. The van der Waals surface area contributed by atoms with Crippen molar-refractivity contribution >= 4 is 77.2 Å². The molecule has 3 fully saturated rings. The number of primary amides is 3. The number of anilines is 3. The van der Waals surface area contributed by atoms with Crippen molar-refractivity contribution in [3.63, 3.8) is 0 Å². The number of amides is 4. The Kier molecular flexibility index (Phi) is 26.2. The van der Waals surface area contributed by atoms with Gasteiger partial charge in [0.05, 0.1) is 49.4 Å². The van der Waals surface area contributed by atoms with Crippen LogP contribution in [-0.4, -0.2) is 161 Å². The van der Waals surface area contributed by atoms with E-state index in [-0.39, 0.29) is 39.4 Å². The number of allylic oxidation sites excluding steroid dienone is 1. The van der Waals surface area contributed by atoms with Crippen LogP contribution < -0.4 is 61.4 Å². The summed E-state index contributed by atoms with van der Waals surface area (Å²) in [6.07, 6.45) is 2.34. The number of methoxy groups -OCH3 is 3. The first-order valence-electron chi connectivity index (χ1n) is 25.9. The number of carbonyl (C=O) groups excluding carboxylic acids is 5. The number of benzene rings is 3. The maximum absolute atomic E-state index is 13.8. The Hall–Kier alpha value is -8.95. The molecule has 0 atom stereocenters. The van der Waals surface area contributed by atoms with Crippen molar-refractivity contribution in [3.05, 3.63) is 156 Å². The minimum atomic E-state index is -0.626. The highest BCUT2D eigenvalue weighted by Gasteiger charge is 2.24. The summed E-state index contributed by atoms with van der Waals surface area (Å²) in [4.78, 5) is 77.2. The highest BCUT2D eigenvalue weighted by molar-refractivity contribution is 6.66. The van der Waals surface area contributed by atoms with Crippen molar-refractivity contribution in [2.24, 2.45) is 17.2 Å². The molecule has 4 amide bonds. The van der Waals surface area contributed by atoms with Crippen LogP contribution in [0.3, 0.4) is 0 Å². The monoisotopic (exact) mass is 1210 g/mol. The van der Waals surface area contributed by atoms with Gasteiger partial charge in [0.25, 0.3) is 17.7 Å². The molecule has 0 spiro atoms. The van der Waals surface area contributed by atoms with Crippen LogP contribution in [0.5, 0.6) is 23.0 Å². The Labute approximate surface area is 499 Å². The molecule has 6 aromatic rings. The Morgan fingerprint density at radius 3 is 1.31 bits per heavy atom. The first-order chi connectivity index (χ1) is 40.8. The number of ether oxygens (including phenoxy) is 3. The van der Waals surface area contributed by atoms with Gasteiger partial charge in [-0.05, 0) is 109 Å². The summed E-state index contributed by atoms with van der Waals surface area (Å²) in [5, 5.41) is 14.5. The van der Waals surface area contributed by atoms with E-state index in [4.69, 9.17) is 54.9 Å². The Bertz CT molecular complexity index is 3320. The number of halogens is 5. The number of rotatable bonds is 15. The third-order valence-electron chi connectivity index (χ3n) is 12.7. The van der Waals surface area contributed by atoms with E-state index in [1.54, 1.807) is 47.4 Å². The first kappa shape index (κ1) is 66.9. The zero-order valence-corrected chi connectivity index (χ0v) is 48.2. The van der Waals surface area contributed by atoms with Gasteiger partial charge in [-0.15, -0.1) is 0 Å². The summed E-state index contributed by atoms with van der Waals surface area (Å²) >= 11 is 10.6. The molecule has 9 N–H and O–H groups in total. The Morgan fingerprint density at radius 2 is 0.941 bits per heavy atom. The van der Waals surface area contributed by atoms with E-state index in [1.165, 1.54) is 75.9 Å². The lowest BCUT2D eigenvalue weighted by Gasteiger charge is -2.35. The van der Waals surface area contributed by atoms with Gasteiger partial charge in [-0.25, -0.2) is 28.1 Å². The zero-order chi connectivity index (χ0) is 62.2. The third-order valence-corrected chi connectivity index (χ3v) is 13.1. The largest absolute Gasteiger partial charge is 0.569 e. The van der Waals surface area contributed by atoms with E-state index in [0.29, 0.717) is 73.5 Å². The van der Waals surface area contributed by atoms with Crippen molar-refractivity contribution in [2.45, 2.75) is 0 Å². The number of nitrogens with one attached hydrogen (secondary N) is 2. The van der Waals surface area contributed by atoms with Crippen LogP contribution in [0, 0.1) is 17.5 Å². The second-order valence-electron chi connectivity index (χ2n) is 17.9. The van der Waals surface area contributed by atoms with Crippen LogP contribution in [0.25, 0.3) is 22.5 Å². The third kappa shape index (κ3) is 19.3. The summed E-state index contributed by atoms with van der Waals surface area (Å²) in [6.45, 7) is 15.9. The normalized spacial score (nSPS) is 13.4. The first-order valence-corrected chi connectivity index (χ1v) is 26.6. The van der Waals surface area contributed by atoms with Gasteiger partial charge in [-0.1, -0.05) is 24.8 Å². The summed E-state index contributed by atoms with van der Waals surface area (Å²) in [5.41, 5.74) is 18.8. The minimum Gasteiger partial charge on any atom is -0.537 e. The van der Waals surface area contributed by atoms with Crippen molar-refractivity contribution < 1.29 is 61.0 Å². The molecule has 85 heavy (non-hydrogen) atoms. The van der Waals surface area contributed by atoms with Crippen LogP contribution in [0.15, 0.2) is 116 Å². The van der Waals surface area contributed by atoms with Crippen LogP contribution in [0.4, 0.5) is 30.6 Å². The van der Waals surface area contributed by atoms with Crippen LogP contribution >= 0.6 is 23.2 Å².